The van der Waals surface area contributed by atoms with Crippen LogP contribution in [0.3, 0.4) is 0 Å². The van der Waals surface area contributed by atoms with Crippen molar-refractivity contribution >= 4 is 28.2 Å². The van der Waals surface area contributed by atoms with E-state index in [0.717, 1.165) is 18.0 Å². The van der Waals surface area contributed by atoms with E-state index in [1.807, 2.05) is 30.9 Å². The third kappa shape index (κ3) is 3.00. The zero-order chi connectivity index (χ0) is 14.0. The Labute approximate surface area is 118 Å². The number of amides is 1. The molecule has 2 rings (SSSR count). The predicted molar refractivity (Wildman–Crippen MR) is 79.8 cm³/mol. The van der Waals surface area contributed by atoms with Gasteiger partial charge in [-0.3, -0.25) is 4.79 Å². The summed E-state index contributed by atoms with van der Waals surface area (Å²) in [6.07, 6.45) is 5.90. The van der Waals surface area contributed by atoms with Crippen molar-refractivity contribution in [2.45, 2.75) is 38.1 Å². The van der Waals surface area contributed by atoms with E-state index in [-0.39, 0.29) is 5.91 Å². The van der Waals surface area contributed by atoms with Crippen molar-refractivity contribution in [1.82, 2.24) is 9.88 Å². The van der Waals surface area contributed by atoms with Gasteiger partial charge in [0.25, 0.3) is 5.91 Å². The molecule has 1 heterocycles. The van der Waals surface area contributed by atoms with Crippen LogP contribution in [0.25, 0.3) is 0 Å². The van der Waals surface area contributed by atoms with E-state index in [1.54, 1.807) is 0 Å². The number of hydrogen-bond acceptors (Lipinski definition) is 5. The highest BCUT2D eigenvalue weighted by molar-refractivity contribution is 7.18. The van der Waals surface area contributed by atoms with Gasteiger partial charge in [-0.1, -0.05) is 30.6 Å². The van der Waals surface area contributed by atoms with E-state index in [0.29, 0.717) is 16.7 Å². The maximum absolute atomic E-state index is 12.5. The first-order chi connectivity index (χ1) is 9.00. The summed E-state index contributed by atoms with van der Waals surface area (Å²) < 4.78 is 0. The molecule has 19 heavy (non-hydrogen) atoms. The highest BCUT2D eigenvalue weighted by Crippen LogP contribution is 2.30. The number of nitrogens with zero attached hydrogens (tertiary/aromatic N) is 3. The van der Waals surface area contributed by atoms with Crippen LogP contribution in [0.15, 0.2) is 0 Å². The molecule has 1 amide bonds. The van der Waals surface area contributed by atoms with Crippen LogP contribution in [0.1, 0.15) is 41.8 Å². The summed E-state index contributed by atoms with van der Waals surface area (Å²) in [5.74, 6) is 0.358. The first-order valence-electron chi connectivity index (χ1n) is 6.71. The summed E-state index contributed by atoms with van der Waals surface area (Å²) in [5, 5.41) is 0.776. The monoisotopic (exact) mass is 282 g/mol. The van der Waals surface area contributed by atoms with Gasteiger partial charge in [-0.15, -0.1) is 0 Å². The molecule has 2 N–H and O–H groups in total. The molecule has 1 aliphatic carbocycles. The zero-order valence-electron chi connectivity index (χ0n) is 11.8. The van der Waals surface area contributed by atoms with Gasteiger partial charge in [-0.05, 0) is 12.8 Å². The first-order valence-corrected chi connectivity index (χ1v) is 7.53. The highest BCUT2D eigenvalue weighted by atomic mass is 32.1. The summed E-state index contributed by atoms with van der Waals surface area (Å²) in [5.41, 5.74) is 5.87. The van der Waals surface area contributed by atoms with E-state index >= 15 is 0 Å². The fraction of sp³-hybridized carbons (Fsp3) is 0.692. The number of nitrogens with two attached hydrogens (primary N) is 1. The van der Waals surface area contributed by atoms with Crippen LogP contribution in [-0.4, -0.2) is 43.0 Å². The Bertz CT molecular complexity index is 451. The number of rotatable bonds is 3. The van der Waals surface area contributed by atoms with Gasteiger partial charge in [-0.2, -0.15) is 0 Å². The molecule has 1 aromatic rings. The average molecular weight is 282 g/mol. The fourth-order valence-electron chi connectivity index (χ4n) is 2.46. The Hall–Kier alpha value is -1.30. The van der Waals surface area contributed by atoms with E-state index in [9.17, 15) is 4.79 Å². The summed E-state index contributed by atoms with van der Waals surface area (Å²) in [6.45, 7) is 0. The Morgan fingerprint density at radius 2 is 1.89 bits per heavy atom. The molecule has 0 radical (unpaired) electrons. The molecule has 106 valence electrons. The second-order valence-corrected chi connectivity index (χ2v) is 6.29. The molecule has 1 aliphatic rings. The molecule has 6 heteroatoms. The Kier molecular flexibility index (Phi) is 4.29. The third-order valence-corrected chi connectivity index (χ3v) is 4.89. The zero-order valence-corrected chi connectivity index (χ0v) is 12.7. The average Bonchev–Trinajstić information content (AvgIpc) is 2.80. The second kappa shape index (κ2) is 5.77. The van der Waals surface area contributed by atoms with Crippen molar-refractivity contribution in [3.8, 4) is 0 Å². The number of nitrogen functional groups attached to an aromatic ring is 1. The van der Waals surface area contributed by atoms with Crippen LogP contribution in [0, 0.1) is 0 Å². The molecule has 1 fully saturated rings. The molecule has 0 unspecified atom stereocenters. The van der Waals surface area contributed by atoms with Gasteiger partial charge in [0.15, 0.2) is 5.13 Å². The maximum atomic E-state index is 12.5. The van der Waals surface area contributed by atoms with Gasteiger partial charge in [0, 0.05) is 27.2 Å². The third-order valence-electron chi connectivity index (χ3n) is 3.66. The molecule has 0 spiro atoms. The van der Waals surface area contributed by atoms with Gasteiger partial charge < -0.3 is 15.5 Å². The van der Waals surface area contributed by atoms with E-state index in [1.165, 1.54) is 30.6 Å². The number of hydrogen-bond donors (Lipinski definition) is 1. The summed E-state index contributed by atoms with van der Waals surface area (Å²) in [7, 11) is 5.68. The molecule has 5 nitrogen and oxygen atoms in total. The van der Waals surface area contributed by atoms with Crippen molar-refractivity contribution in [3.05, 3.63) is 4.88 Å². The number of carbonyl (C=O) groups is 1. The lowest BCUT2D eigenvalue weighted by molar-refractivity contribution is 0.0702. The van der Waals surface area contributed by atoms with Crippen LogP contribution in [0.5, 0.6) is 0 Å². The molecule has 0 aromatic carbocycles. The van der Waals surface area contributed by atoms with Crippen molar-refractivity contribution in [3.63, 3.8) is 0 Å². The summed E-state index contributed by atoms with van der Waals surface area (Å²) in [4.78, 5) is 21.0. The number of carbonyl (C=O) groups excluding carboxylic acids is 1. The van der Waals surface area contributed by atoms with Crippen molar-refractivity contribution in [2.75, 3.05) is 31.8 Å². The fourth-order valence-corrected chi connectivity index (χ4v) is 3.35. The van der Waals surface area contributed by atoms with Gasteiger partial charge in [0.2, 0.25) is 0 Å². The number of anilines is 2. The molecular weight excluding hydrogens is 260 g/mol. The lowest BCUT2D eigenvalue weighted by atomic mass is 9.94. The minimum absolute atomic E-state index is 0.00926. The topological polar surface area (TPSA) is 62.5 Å². The van der Waals surface area contributed by atoms with Crippen molar-refractivity contribution < 1.29 is 4.79 Å². The minimum atomic E-state index is 0.00926. The van der Waals surface area contributed by atoms with Gasteiger partial charge in [0.05, 0.1) is 0 Å². The van der Waals surface area contributed by atoms with Crippen LogP contribution in [0.2, 0.25) is 0 Å². The maximum Gasteiger partial charge on any atom is 0.267 e. The second-order valence-electron chi connectivity index (χ2n) is 5.31. The highest BCUT2D eigenvalue weighted by Gasteiger charge is 2.26. The smallest absolute Gasteiger partial charge is 0.267 e. The van der Waals surface area contributed by atoms with E-state index in [4.69, 9.17) is 5.73 Å². The minimum Gasteiger partial charge on any atom is -0.382 e. The van der Waals surface area contributed by atoms with Crippen LogP contribution < -0.4 is 10.6 Å². The Morgan fingerprint density at radius 3 is 2.42 bits per heavy atom. The van der Waals surface area contributed by atoms with Gasteiger partial charge in [0.1, 0.15) is 10.7 Å². The Morgan fingerprint density at radius 1 is 1.26 bits per heavy atom. The van der Waals surface area contributed by atoms with Gasteiger partial charge >= 0.3 is 0 Å². The normalized spacial score (nSPS) is 16.4. The first kappa shape index (κ1) is 14.1. The molecule has 0 bridgehead atoms. The quantitative estimate of drug-likeness (QED) is 0.923. The molecular formula is C13H22N4OS. The lowest BCUT2D eigenvalue weighted by Gasteiger charge is -2.30. The molecule has 1 saturated carbocycles. The van der Waals surface area contributed by atoms with E-state index < -0.39 is 0 Å². The standard InChI is InChI=1S/C13H22N4OS/c1-16(2)13-15-11(14)10(19-13)12(18)17(3)9-7-5-4-6-8-9/h9H,4-8,14H2,1-3H3. The SMILES string of the molecule is CN(C)c1nc(N)c(C(=O)N(C)C2CCCCC2)s1. The summed E-state index contributed by atoms with van der Waals surface area (Å²) in [6, 6.07) is 0.352. The van der Waals surface area contributed by atoms with Crippen LogP contribution in [0.4, 0.5) is 10.9 Å². The lowest BCUT2D eigenvalue weighted by Crippen LogP contribution is -2.38. The number of thiazole rings is 1. The predicted octanol–water partition coefficient (Wildman–Crippen LogP) is 2.20. The summed E-state index contributed by atoms with van der Waals surface area (Å²) >= 11 is 1.37. The molecule has 0 atom stereocenters. The molecule has 1 aromatic heterocycles. The largest absolute Gasteiger partial charge is 0.382 e. The Balaban J connectivity index is 2.14. The molecule has 0 saturated heterocycles. The van der Waals surface area contributed by atoms with Crippen LogP contribution in [-0.2, 0) is 0 Å². The van der Waals surface area contributed by atoms with Crippen molar-refractivity contribution in [2.24, 2.45) is 0 Å². The van der Waals surface area contributed by atoms with E-state index in [2.05, 4.69) is 4.98 Å². The van der Waals surface area contributed by atoms with Crippen molar-refractivity contribution in [1.29, 1.82) is 0 Å². The number of aromatic nitrogens is 1. The van der Waals surface area contributed by atoms with Crippen LogP contribution >= 0.6 is 11.3 Å². The van der Waals surface area contributed by atoms with Gasteiger partial charge in [-0.25, -0.2) is 4.98 Å². The molecule has 0 aliphatic heterocycles.